The van der Waals surface area contributed by atoms with Crippen molar-refractivity contribution in [1.29, 1.82) is 0 Å². The van der Waals surface area contributed by atoms with Gasteiger partial charge in [0.05, 0.1) is 13.2 Å². The number of hydrogen-bond acceptors (Lipinski definition) is 4. The Labute approximate surface area is 102 Å². The van der Waals surface area contributed by atoms with E-state index in [0.717, 1.165) is 12.8 Å². The zero-order valence-electron chi connectivity index (χ0n) is 10.6. The third-order valence-corrected chi connectivity index (χ3v) is 1.90. The topological polar surface area (TPSA) is 64.6 Å². The standard InChI is InChI=1S/C12H21NO4/c1-4-5-7-13-12(15)17-9-6-8-16-11(14)10(2)3/h2,4-9H2,1,3H3,(H,13,15). The van der Waals surface area contributed by atoms with Crippen molar-refractivity contribution in [2.45, 2.75) is 33.1 Å². The van der Waals surface area contributed by atoms with Gasteiger partial charge in [0, 0.05) is 18.5 Å². The number of carbonyl (C=O) groups excluding carboxylic acids is 2. The zero-order chi connectivity index (χ0) is 13.1. The minimum absolute atomic E-state index is 0.230. The molecule has 0 aliphatic carbocycles. The van der Waals surface area contributed by atoms with Crippen molar-refractivity contribution in [3.8, 4) is 0 Å². The van der Waals surface area contributed by atoms with Gasteiger partial charge in [-0.2, -0.15) is 0 Å². The molecule has 1 N–H and O–H groups in total. The minimum Gasteiger partial charge on any atom is -0.462 e. The molecule has 0 saturated heterocycles. The van der Waals surface area contributed by atoms with Crippen LogP contribution in [0.25, 0.3) is 0 Å². The van der Waals surface area contributed by atoms with Crippen molar-refractivity contribution in [2.75, 3.05) is 19.8 Å². The predicted molar refractivity (Wildman–Crippen MR) is 64.6 cm³/mol. The molecule has 98 valence electrons. The summed E-state index contributed by atoms with van der Waals surface area (Å²) in [6.45, 7) is 8.17. The van der Waals surface area contributed by atoms with Crippen molar-refractivity contribution in [2.24, 2.45) is 0 Å². The smallest absolute Gasteiger partial charge is 0.407 e. The molecule has 0 aliphatic heterocycles. The number of unbranched alkanes of at least 4 members (excludes halogenated alkanes) is 1. The molecule has 0 rings (SSSR count). The maximum atomic E-state index is 11.1. The van der Waals surface area contributed by atoms with Crippen molar-refractivity contribution in [3.05, 3.63) is 12.2 Å². The van der Waals surface area contributed by atoms with Gasteiger partial charge in [-0.15, -0.1) is 0 Å². The third-order valence-electron chi connectivity index (χ3n) is 1.90. The molecule has 0 atom stereocenters. The predicted octanol–water partition coefficient (Wildman–Crippen LogP) is 2.02. The zero-order valence-corrected chi connectivity index (χ0v) is 10.6. The lowest BCUT2D eigenvalue weighted by atomic mass is 10.3. The number of rotatable bonds is 8. The quantitative estimate of drug-likeness (QED) is 0.402. The van der Waals surface area contributed by atoms with Crippen LogP contribution in [0.2, 0.25) is 0 Å². The number of hydrogen-bond donors (Lipinski definition) is 1. The van der Waals surface area contributed by atoms with Crippen LogP contribution in [0.15, 0.2) is 12.2 Å². The Hall–Kier alpha value is -1.52. The molecule has 0 bridgehead atoms. The van der Waals surface area contributed by atoms with Crippen LogP contribution in [0.1, 0.15) is 33.1 Å². The Morgan fingerprint density at radius 3 is 2.41 bits per heavy atom. The summed E-state index contributed by atoms with van der Waals surface area (Å²) in [5.74, 6) is -0.419. The molecular weight excluding hydrogens is 222 g/mol. The lowest BCUT2D eigenvalue weighted by Crippen LogP contribution is -2.25. The van der Waals surface area contributed by atoms with Gasteiger partial charge in [-0.25, -0.2) is 9.59 Å². The van der Waals surface area contributed by atoms with E-state index in [1.54, 1.807) is 6.92 Å². The second-order valence-corrected chi connectivity index (χ2v) is 3.69. The maximum absolute atomic E-state index is 11.1. The number of ether oxygens (including phenoxy) is 2. The van der Waals surface area contributed by atoms with Crippen molar-refractivity contribution >= 4 is 12.1 Å². The van der Waals surface area contributed by atoms with E-state index in [-0.39, 0.29) is 13.2 Å². The first-order valence-electron chi connectivity index (χ1n) is 5.81. The number of alkyl carbamates (subject to hydrolysis) is 1. The Balaban J connectivity index is 3.36. The lowest BCUT2D eigenvalue weighted by Gasteiger charge is -2.07. The molecule has 0 aromatic carbocycles. The molecule has 0 saturated carbocycles. The largest absolute Gasteiger partial charge is 0.462 e. The highest BCUT2D eigenvalue weighted by Crippen LogP contribution is 1.94. The van der Waals surface area contributed by atoms with Crippen LogP contribution in [0.3, 0.4) is 0 Å². The van der Waals surface area contributed by atoms with E-state index in [1.165, 1.54) is 0 Å². The van der Waals surface area contributed by atoms with Gasteiger partial charge < -0.3 is 14.8 Å². The summed E-state index contributed by atoms with van der Waals surface area (Å²) in [6, 6.07) is 0. The Kier molecular flexibility index (Phi) is 8.82. The van der Waals surface area contributed by atoms with Gasteiger partial charge in [0.1, 0.15) is 0 Å². The summed E-state index contributed by atoms with van der Waals surface area (Å²) in [7, 11) is 0. The van der Waals surface area contributed by atoms with Crippen molar-refractivity contribution < 1.29 is 19.1 Å². The highest BCUT2D eigenvalue weighted by Gasteiger charge is 2.03. The highest BCUT2D eigenvalue weighted by atomic mass is 16.6. The van der Waals surface area contributed by atoms with E-state index in [0.29, 0.717) is 18.5 Å². The van der Waals surface area contributed by atoms with E-state index in [4.69, 9.17) is 9.47 Å². The number of nitrogens with one attached hydrogen (secondary N) is 1. The van der Waals surface area contributed by atoms with Gasteiger partial charge in [-0.05, 0) is 13.3 Å². The number of amides is 1. The minimum atomic E-state index is -0.426. The van der Waals surface area contributed by atoms with Crippen LogP contribution in [0.5, 0.6) is 0 Å². The SMILES string of the molecule is C=C(C)C(=O)OCCCOC(=O)NCCCC. The molecule has 0 spiro atoms. The van der Waals surface area contributed by atoms with Crippen LogP contribution >= 0.6 is 0 Å². The van der Waals surface area contributed by atoms with Crippen LogP contribution in [0.4, 0.5) is 4.79 Å². The second-order valence-electron chi connectivity index (χ2n) is 3.69. The molecule has 0 radical (unpaired) electrons. The first-order valence-corrected chi connectivity index (χ1v) is 5.81. The van der Waals surface area contributed by atoms with Crippen LogP contribution in [0, 0.1) is 0 Å². The molecule has 17 heavy (non-hydrogen) atoms. The van der Waals surface area contributed by atoms with Gasteiger partial charge >= 0.3 is 12.1 Å². The first kappa shape index (κ1) is 15.5. The molecule has 1 amide bonds. The molecule has 5 nitrogen and oxygen atoms in total. The highest BCUT2D eigenvalue weighted by molar-refractivity contribution is 5.86. The van der Waals surface area contributed by atoms with E-state index in [9.17, 15) is 9.59 Å². The summed E-state index contributed by atoms with van der Waals surface area (Å²) in [4.78, 5) is 22.0. The summed E-state index contributed by atoms with van der Waals surface area (Å²) >= 11 is 0. The molecule has 0 fully saturated rings. The van der Waals surface area contributed by atoms with E-state index in [1.807, 2.05) is 6.92 Å². The van der Waals surface area contributed by atoms with Gasteiger partial charge in [0.2, 0.25) is 0 Å². The second kappa shape index (κ2) is 9.69. The fourth-order valence-electron chi connectivity index (χ4n) is 0.930. The van der Waals surface area contributed by atoms with E-state index in [2.05, 4.69) is 11.9 Å². The number of carbonyl (C=O) groups is 2. The van der Waals surface area contributed by atoms with Gasteiger partial charge in [-0.3, -0.25) is 0 Å². The summed E-state index contributed by atoms with van der Waals surface area (Å²) in [6.07, 6.45) is 2.02. The fourth-order valence-corrected chi connectivity index (χ4v) is 0.930. The number of esters is 1. The Bertz CT molecular complexity index is 263. The molecule has 5 heteroatoms. The fraction of sp³-hybridized carbons (Fsp3) is 0.667. The molecule has 0 aromatic rings. The van der Waals surface area contributed by atoms with Crippen LogP contribution in [-0.4, -0.2) is 31.8 Å². The monoisotopic (exact) mass is 243 g/mol. The molecule has 0 aromatic heterocycles. The summed E-state index contributed by atoms with van der Waals surface area (Å²) in [5.41, 5.74) is 0.364. The normalized spacial score (nSPS) is 9.53. The van der Waals surface area contributed by atoms with E-state index < -0.39 is 12.1 Å². The molecule has 0 heterocycles. The summed E-state index contributed by atoms with van der Waals surface area (Å²) in [5, 5.41) is 2.62. The van der Waals surface area contributed by atoms with Gasteiger partial charge in [0.15, 0.2) is 0 Å². The molecule has 0 aliphatic rings. The Morgan fingerprint density at radius 2 is 1.82 bits per heavy atom. The van der Waals surface area contributed by atoms with E-state index >= 15 is 0 Å². The van der Waals surface area contributed by atoms with Gasteiger partial charge in [0.25, 0.3) is 0 Å². The summed E-state index contributed by atoms with van der Waals surface area (Å²) < 4.78 is 9.70. The Morgan fingerprint density at radius 1 is 1.18 bits per heavy atom. The molecule has 0 unspecified atom stereocenters. The molecular formula is C12H21NO4. The van der Waals surface area contributed by atoms with Gasteiger partial charge in [-0.1, -0.05) is 19.9 Å². The maximum Gasteiger partial charge on any atom is 0.407 e. The average molecular weight is 243 g/mol. The lowest BCUT2D eigenvalue weighted by molar-refractivity contribution is -0.139. The first-order chi connectivity index (χ1) is 8.07. The van der Waals surface area contributed by atoms with Crippen LogP contribution in [-0.2, 0) is 14.3 Å². The van der Waals surface area contributed by atoms with Crippen molar-refractivity contribution in [3.63, 3.8) is 0 Å². The average Bonchev–Trinajstić information content (AvgIpc) is 2.28. The third kappa shape index (κ3) is 9.41. The van der Waals surface area contributed by atoms with Crippen molar-refractivity contribution in [1.82, 2.24) is 5.32 Å². The van der Waals surface area contributed by atoms with Crippen LogP contribution < -0.4 is 5.32 Å².